The molecule has 12 heteroatoms. The van der Waals surface area contributed by atoms with Gasteiger partial charge in [-0.2, -0.15) is 0 Å². The van der Waals surface area contributed by atoms with Crippen LogP contribution in [0.3, 0.4) is 0 Å². The van der Waals surface area contributed by atoms with Crippen LogP contribution in [0.1, 0.15) is 43.0 Å². The molecular weight excluding hydrogens is 744 g/mol. The molecule has 0 amide bonds. The van der Waals surface area contributed by atoms with Crippen molar-refractivity contribution < 1.29 is 57.6 Å². The van der Waals surface area contributed by atoms with Gasteiger partial charge in [0.25, 0.3) is 0 Å². The lowest BCUT2D eigenvalue weighted by Gasteiger charge is -2.49. The van der Waals surface area contributed by atoms with Gasteiger partial charge in [-0.3, -0.25) is 4.79 Å². The number of carbonyl (C=O) groups excluding carboxylic acids is 1. The van der Waals surface area contributed by atoms with Crippen molar-refractivity contribution in [2.75, 3.05) is 20.3 Å². The van der Waals surface area contributed by atoms with Crippen molar-refractivity contribution in [2.45, 2.75) is 109 Å². The molecule has 58 heavy (non-hydrogen) atoms. The van der Waals surface area contributed by atoms with Crippen LogP contribution < -0.4 is 0 Å². The Hall–Kier alpha value is -4.05. The van der Waals surface area contributed by atoms with Crippen molar-refractivity contribution in [3.05, 3.63) is 144 Å². The van der Waals surface area contributed by atoms with Crippen molar-refractivity contribution >= 4 is 5.97 Å². The number of carbonyl (C=O) groups is 1. The Labute approximate surface area is 340 Å². The van der Waals surface area contributed by atoms with Crippen LogP contribution in [0, 0.1) is 5.41 Å². The summed E-state index contributed by atoms with van der Waals surface area (Å²) in [5.74, 6) is -0.441. The minimum atomic E-state index is -1.29. The second kappa shape index (κ2) is 21.3. The first kappa shape index (κ1) is 43.5. The Balaban J connectivity index is 1.37. The van der Waals surface area contributed by atoms with Crippen LogP contribution >= 0.6 is 0 Å². The van der Waals surface area contributed by atoms with Gasteiger partial charge in [-0.1, -0.05) is 121 Å². The number of hydrogen-bond acceptors (Lipinski definition) is 12. The van der Waals surface area contributed by atoms with Crippen LogP contribution in [0.25, 0.3) is 0 Å². The van der Waals surface area contributed by atoms with Crippen LogP contribution in [-0.4, -0.2) is 97.9 Å². The molecule has 312 valence electrons. The molecule has 0 unspecified atom stereocenters. The second-order valence-corrected chi connectivity index (χ2v) is 15.5. The molecule has 6 rings (SSSR count). The summed E-state index contributed by atoms with van der Waals surface area (Å²) in [5.41, 5.74) is 2.76. The maximum Gasteiger partial charge on any atom is 0.311 e. The fourth-order valence-electron chi connectivity index (χ4n) is 6.85. The molecule has 2 aliphatic rings. The van der Waals surface area contributed by atoms with E-state index in [0.29, 0.717) is 0 Å². The number of aliphatic hydroxyl groups is 2. The molecule has 0 saturated carbocycles. The van der Waals surface area contributed by atoms with E-state index in [9.17, 15) is 15.0 Å². The Morgan fingerprint density at radius 3 is 1.38 bits per heavy atom. The number of esters is 1. The summed E-state index contributed by atoms with van der Waals surface area (Å²) in [6, 6.07) is 38.5. The molecular formula is C46H56O12. The van der Waals surface area contributed by atoms with E-state index >= 15 is 0 Å². The summed E-state index contributed by atoms with van der Waals surface area (Å²) in [7, 11) is 1.51. The van der Waals surface area contributed by atoms with Gasteiger partial charge in [-0.25, -0.2) is 0 Å². The van der Waals surface area contributed by atoms with Gasteiger partial charge in [0.05, 0.1) is 38.4 Å². The Morgan fingerprint density at radius 1 is 0.569 bits per heavy atom. The minimum absolute atomic E-state index is 0.132. The molecule has 0 spiro atoms. The zero-order valence-electron chi connectivity index (χ0n) is 33.5. The quantitative estimate of drug-likeness (QED) is 0.119. The van der Waals surface area contributed by atoms with Gasteiger partial charge < -0.3 is 52.8 Å². The van der Waals surface area contributed by atoms with E-state index in [1.54, 1.807) is 20.8 Å². The summed E-state index contributed by atoms with van der Waals surface area (Å²) >= 11 is 0. The predicted molar refractivity (Wildman–Crippen MR) is 213 cm³/mol. The number of rotatable bonds is 18. The van der Waals surface area contributed by atoms with Crippen LogP contribution in [0.4, 0.5) is 0 Å². The number of hydrogen-bond donors (Lipinski definition) is 2. The minimum Gasteiger partial charge on any atom is -0.462 e. The normalized spacial score (nSPS) is 27.6. The zero-order chi connectivity index (χ0) is 40.9. The SMILES string of the molecule is CO[C@@H]1O[C@H](COC(=O)C(C)(C)C)[C@@H](O[C@@H]2O[C@H](CO)[C@@H](O)[C@H](OCc3ccccc3)[C@@H]2OCc2ccccc2)[C@H](OCc2ccccc2)[C@@H]1OCc1ccccc1. The fraction of sp³-hybridized carbons (Fsp3) is 0.457. The van der Waals surface area contributed by atoms with Gasteiger partial charge in [0, 0.05) is 7.11 Å². The summed E-state index contributed by atoms with van der Waals surface area (Å²) in [6.45, 7) is 5.19. The zero-order valence-corrected chi connectivity index (χ0v) is 33.5. The van der Waals surface area contributed by atoms with Crippen molar-refractivity contribution in [1.29, 1.82) is 0 Å². The molecule has 2 saturated heterocycles. The second-order valence-electron chi connectivity index (χ2n) is 15.5. The van der Waals surface area contributed by atoms with E-state index in [1.165, 1.54) is 7.11 Å². The van der Waals surface area contributed by atoms with Gasteiger partial charge in [-0.05, 0) is 43.0 Å². The molecule has 0 aliphatic carbocycles. The van der Waals surface area contributed by atoms with Gasteiger partial charge in [0.1, 0.15) is 55.4 Å². The van der Waals surface area contributed by atoms with Gasteiger partial charge in [0.15, 0.2) is 12.6 Å². The highest BCUT2D eigenvalue weighted by Crippen LogP contribution is 2.35. The van der Waals surface area contributed by atoms with Gasteiger partial charge >= 0.3 is 5.97 Å². The number of methoxy groups -OCH3 is 1. The third-order valence-electron chi connectivity index (χ3n) is 10.0. The van der Waals surface area contributed by atoms with Gasteiger partial charge in [0.2, 0.25) is 0 Å². The van der Waals surface area contributed by atoms with Crippen molar-refractivity contribution in [1.82, 2.24) is 0 Å². The average Bonchev–Trinajstić information content (AvgIpc) is 3.25. The lowest BCUT2D eigenvalue weighted by Crippen LogP contribution is -2.66. The van der Waals surface area contributed by atoms with Crippen molar-refractivity contribution in [2.24, 2.45) is 5.41 Å². The molecule has 2 N–H and O–H groups in total. The third-order valence-corrected chi connectivity index (χ3v) is 10.0. The van der Waals surface area contributed by atoms with Crippen LogP contribution in [0.15, 0.2) is 121 Å². The molecule has 10 atom stereocenters. The van der Waals surface area contributed by atoms with E-state index in [1.807, 2.05) is 121 Å². The molecule has 0 aromatic heterocycles. The smallest absolute Gasteiger partial charge is 0.311 e. The summed E-state index contributed by atoms with van der Waals surface area (Å²) in [6.07, 6.45) is -10.4. The van der Waals surface area contributed by atoms with Crippen molar-refractivity contribution in [3.8, 4) is 0 Å². The van der Waals surface area contributed by atoms with E-state index in [-0.39, 0.29) is 33.0 Å². The van der Waals surface area contributed by atoms with Crippen LogP contribution in [-0.2, 0) is 73.9 Å². The van der Waals surface area contributed by atoms with E-state index in [2.05, 4.69) is 0 Å². The first-order valence-electron chi connectivity index (χ1n) is 19.7. The Morgan fingerprint density at radius 2 is 0.966 bits per heavy atom. The highest BCUT2D eigenvalue weighted by Gasteiger charge is 2.54. The third kappa shape index (κ3) is 11.8. The lowest BCUT2D eigenvalue weighted by molar-refractivity contribution is -0.372. The summed E-state index contributed by atoms with van der Waals surface area (Å²) < 4.78 is 58.0. The monoisotopic (exact) mass is 800 g/mol. The summed E-state index contributed by atoms with van der Waals surface area (Å²) in [4.78, 5) is 13.2. The molecule has 2 heterocycles. The molecule has 0 radical (unpaired) electrons. The Kier molecular flexibility index (Phi) is 16.0. The molecule has 4 aromatic rings. The van der Waals surface area contributed by atoms with Crippen molar-refractivity contribution in [3.63, 3.8) is 0 Å². The highest BCUT2D eigenvalue weighted by molar-refractivity contribution is 5.75. The van der Waals surface area contributed by atoms with Gasteiger partial charge in [-0.15, -0.1) is 0 Å². The number of ether oxygens (including phenoxy) is 9. The predicted octanol–water partition coefficient (Wildman–Crippen LogP) is 5.75. The maximum absolute atomic E-state index is 13.2. The molecule has 0 bridgehead atoms. The van der Waals surface area contributed by atoms with E-state index in [0.717, 1.165) is 22.3 Å². The van der Waals surface area contributed by atoms with Crippen LogP contribution in [0.5, 0.6) is 0 Å². The lowest BCUT2D eigenvalue weighted by atomic mass is 9.95. The molecule has 2 fully saturated rings. The standard InChI is InChI=1S/C46H56O12/c1-46(2,3)45(49)55-30-36-38(40(52-27-32-19-11-6-12-20-32)42(43(50-4)57-36)54-29-34-23-15-8-16-24-34)58-44-41(53-28-33-21-13-7-14-22-33)39(37(48)35(25-47)56-44)51-26-31-17-9-5-10-18-31/h5-24,35-44,47-48H,25-30H2,1-4H3/t35-,36-,37-,38-,39+,40+,41+,42+,43-,44+/m1/s1. The van der Waals surface area contributed by atoms with E-state index in [4.69, 9.17) is 42.6 Å². The number of aliphatic hydroxyl groups excluding tert-OH is 2. The summed E-state index contributed by atoms with van der Waals surface area (Å²) in [5, 5.41) is 22.2. The highest BCUT2D eigenvalue weighted by atomic mass is 16.8. The first-order chi connectivity index (χ1) is 28.1. The molecule has 2 aliphatic heterocycles. The Bertz CT molecular complexity index is 1770. The van der Waals surface area contributed by atoms with Crippen LogP contribution in [0.2, 0.25) is 0 Å². The molecule has 12 nitrogen and oxygen atoms in total. The first-order valence-corrected chi connectivity index (χ1v) is 19.7. The largest absolute Gasteiger partial charge is 0.462 e. The topological polar surface area (TPSA) is 141 Å². The van der Waals surface area contributed by atoms with E-state index < -0.39 is 79.4 Å². The molecule has 4 aromatic carbocycles. The fourth-order valence-corrected chi connectivity index (χ4v) is 6.85. The average molecular weight is 801 g/mol. The number of benzene rings is 4. The maximum atomic E-state index is 13.2.